The first-order valence-electron chi connectivity index (χ1n) is 11.6. The molecule has 0 aromatic heterocycles. The predicted molar refractivity (Wildman–Crippen MR) is 123 cm³/mol. The number of hydrogen-bond acceptors (Lipinski definition) is 4. The quantitative estimate of drug-likeness (QED) is 0.351. The van der Waals surface area contributed by atoms with E-state index in [1.807, 2.05) is 24.3 Å². The first kappa shape index (κ1) is 23.4. The number of carbonyl (C=O) groups is 1. The highest BCUT2D eigenvalue weighted by atomic mass is 16.5. The molecular formula is C24H38N4O3. The summed E-state index contributed by atoms with van der Waals surface area (Å²) in [7, 11) is 1.78. The van der Waals surface area contributed by atoms with Crippen molar-refractivity contribution in [3.05, 3.63) is 29.8 Å². The van der Waals surface area contributed by atoms with Crippen molar-refractivity contribution in [3.63, 3.8) is 0 Å². The zero-order chi connectivity index (χ0) is 21.9. The monoisotopic (exact) mass is 430 g/mol. The smallest absolute Gasteiger partial charge is 0.258 e. The Morgan fingerprint density at radius 3 is 2.74 bits per heavy atom. The average Bonchev–Trinajstić information content (AvgIpc) is 3.47. The van der Waals surface area contributed by atoms with Gasteiger partial charge in [-0.25, -0.2) is 4.99 Å². The van der Waals surface area contributed by atoms with Gasteiger partial charge >= 0.3 is 0 Å². The molecule has 31 heavy (non-hydrogen) atoms. The molecule has 7 nitrogen and oxygen atoms in total. The molecule has 0 atom stereocenters. The van der Waals surface area contributed by atoms with Gasteiger partial charge in [0.25, 0.3) is 5.91 Å². The third kappa shape index (κ3) is 8.05. The van der Waals surface area contributed by atoms with Gasteiger partial charge in [0.05, 0.1) is 6.54 Å². The van der Waals surface area contributed by atoms with Gasteiger partial charge in [0.15, 0.2) is 12.6 Å². The van der Waals surface area contributed by atoms with Crippen LogP contribution in [-0.4, -0.2) is 51.3 Å². The third-order valence-electron chi connectivity index (χ3n) is 6.11. The van der Waals surface area contributed by atoms with Gasteiger partial charge in [0.2, 0.25) is 0 Å². The summed E-state index contributed by atoms with van der Waals surface area (Å²) in [6.07, 6.45) is 8.33. The van der Waals surface area contributed by atoms with Crippen molar-refractivity contribution >= 4 is 11.9 Å². The fourth-order valence-electron chi connectivity index (χ4n) is 4.12. The van der Waals surface area contributed by atoms with Crippen LogP contribution in [0.15, 0.2) is 29.3 Å². The van der Waals surface area contributed by atoms with E-state index in [4.69, 9.17) is 14.5 Å². The summed E-state index contributed by atoms with van der Waals surface area (Å²) >= 11 is 0. The van der Waals surface area contributed by atoms with Gasteiger partial charge in [-0.05, 0) is 62.1 Å². The number of nitrogens with one attached hydrogen (secondary N) is 3. The molecule has 2 fully saturated rings. The molecule has 0 spiro atoms. The standard InChI is InChI=1S/C24H38N4O3/c1-3-25-23(27-18-24(13-14-30-2)11-4-5-12-24)26-16-19-7-6-8-21(15-19)31-17-22(29)28-20-9-10-20/h6-8,15,20H,3-5,9-14,16-18H2,1-2H3,(H,28,29)(H2,25,26,27). The number of amides is 1. The SMILES string of the molecule is CCNC(=NCc1cccc(OCC(=O)NC2CC2)c1)NCC1(CCOC)CCCC1. The first-order valence-corrected chi connectivity index (χ1v) is 11.6. The Labute approximate surface area is 186 Å². The largest absolute Gasteiger partial charge is 0.484 e. The van der Waals surface area contributed by atoms with Crippen LogP contribution in [0.25, 0.3) is 0 Å². The van der Waals surface area contributed by atoms with Gasteiger partial charge in [-0.15, -0.1) is 0 Å². The van der Waals surface area contributed by atoms with Crippen molar-refractivity contribution in [3.8, 4) is 5.75 Å². The summed E-state index contributed by atoms with van der Waals surface area (Å²) in [6.45, 7) is 5.22. The van der Waals surface area contributed by atoms with Crippen LogP contribution in [0, 0.1) is 5.41 Å². The molecule has 3 rings (SSSR count). The second kappa shape index (κ2) is 11.9. The molecule has 1 aromatic carbocycles. The summed E-state index contributed by atoms with van der Waals surface area (Å²) in [4.78, 5) is 16.6. The minimum atomic E-state index is -0.0566. The van der Waals surface area contributed by atoms with E-state index in [2.05, 4.69) is 22.9 Å². The lowest BCUT2D eigenvalue weighted by atomic mass is 9.83. The highest BCUT2D eigenvalue weighted by Crippen LogP contribution is 2.40. The van der Waals surface area contributed by atoms with E-state index < -0.39 is 0 Å². The van der Waals surface area contributed by atoms with Gasteiger partial charge in [0.1, 0.15) is 5.75 Å². The van der Waals surface area contributed by atoms with Crippen molar-refractivity contribution in [2.45, 2.75) is 64.5 Å². The summed E-state index contributed by atoms with van der Waals surface area (Å²) in [5.74, 6) is 1.47. The second-order valence-corrected chi connectivity index (χ2v) is 8.78. The van der Waals surface area contributed by atoms with E-state index >= 15 is 0 Å². The molecule has 2 aliphatic rings. The van der Waals surface area contributed by atoms with E-state index in [-0.39, 0.29) is 12.5 Å². The average molecular weight is 431 g/mol. The van der Waals surface area contributed by atoms with Crippen molar-refractivity contribution in [1.29, 1.82) is 0 Å². The van der Waals surface area contributed by atoms with Crippen LogP contribution in [0.2, 0.25) is 0 Å². The number of aliphatic imine (C=N–C) groups is 1. The molecule has 0 bridgehead atoms. The van der Waals surface area contributed by atoms with Crippen molar-refractivity contribution in [2.24, 2.45) is 10.4 Å². The van der Waals surface area contributed by atoms with Crippen molar-refractivity contribution < 1.29 is 14.3 Å². The minimum absolute atomic E-state index is 0.0526. The Balaban J connectivity index is 1.52. The maximum atomic E-state index is 11.8. The van der Waals surface area contributed by atoms with Crippen molar-refractivity contribution in [2.75, 3.05) is 33.4 Å². The number of nitrogens with zero attached hydrogens (tertiary/aromatic N) is 1. The van der Waals surface area contributed by atoms with Crippen LogP contribution >= 0.6 is 0 Å². The molecule has 0 saturated heterocycles. The maximum absolute atomic E-state index is 11.8. The fraction of sp³-hybridized carbons (Fsp3) is 0.667. The number of benzene rings is 1. The Kier molecular flexibility index (Phi) is 9.00. The second-order valence-electron chi connectivity index (χ2n) is 8.78. The van der Waals surface area contributed by atoms with Crippen LogP contribution < -0.4 is 20.7 Å². The van der Waals surface area contributed by atoms with E-state index in [1.54, 1.807) is 7.11 Å². The molecule has 0 unspecified atom stereocenters. The number of ether oxygens (including phenoxy) is 2. The van der Waals surface area contributed by atoms with E-state index in [1.165, 1.54) is 25.7 Å². The summed E-state index contributed by atoms with van der Waals surface area (Å²) in [6, 6.07) is 8.15. The molecule has 0 radical (unpaired) electrons. The maximum Gasteiger partial charge on any atom is 0.258 e. The Morgan fingerprint density at radius 1 is 1.23 bits per heavy atom. The molecule has 3 N–H and O–H groups in total. The van der Waals surface area contributed by atoms with Gasteiger partial charge in [0, 0.05) is 32.8 Å². The number of methoxy groups -OCH3 is 1. The molecule has 172 valence electrons. The molecule has 1 aromatic rings. The molecule has 7 heteroatoms. The Bertz CT molecular complexity index is 727. The number of rotatable bonds is 12. The Hall–Kier alpha value is -2.28. The summed E-state index contributed by atoms with van der Waals surface area (Å²) in [5, 5.41) is 9.85. The van der Waals surface area contributed by atoms with Gasteiger partial charge in [-0.3, -0.25) is 4.79 Å². The zero-order valence-corrected chi connectivity index (χ0v) is 19.0. The molecule has 0 aliphatic heterocycles. The molecule has 0 heterocycles. The topological polar surface area (TPSA) is 84.0 Å². The first-order chi connectivity index (χ1) is 15.1. The number of carbonyl (C=O) groups excluding carboxylic acids is 1. The molecule has 2 saturated carbocycles. The number of guanidine groups is 1. The van der Waals surface area contributed by atoms with Crippen LogP contribution in [0.3, 0.4) is 0 Å². The fourth-order valence-corrected chi connectivity index (χ4v) is 4.12. The normalized spacial score (nSPS) is 17.9. The lowest BCUT2D eigenvalue weighted by molar-refractivity contribution is -0.123. The zero-order valence-electron chi connectivity index (χ0n) is 19.0. The summed E-state index contributed by atoms with van der Waals surface area (Å²) in [5.41, 5.74) is 1.35. The van der Waals surface area contributed by atoms with Crippen LogP contribution in [-0.2, 0) is 16.1 Å². The molecule has 2 aliphatic carbocycles. The Morgan fingerprint density at radius 2 is 2.03 bits per heavy atom. The number of hydrogen-bond donors (Lipinski definition) is 3. The minimum Gasteiger partial charge on any atom is -0.484 e. The van der Waals surface area contributed by atoms with E-state index in [9.17, 15) is 4.79 Å². The van der Waals surface area contributed by atoms with Crippen LogP contribution in [0.1, 0.15) is 57.4 Å². The lowest BCUT2D eigenvalue weighted by Gasteiger charge is -2.30. The van der Waals surface area contributed by atoms with Crippen molar-refractivity contribution in [1.82, 2.24) is 16.0 Å². The van der Waals surface area contributed by atoms with Gasteiger partial charge in [-0.1, -0.05) is 25.0 Å². The lowest BCUT2D eigenvalue weighted by Crippen LogP contribution is -2.43. The molecular weight excluding hydrogens is 392 g/mol. The summed E-state index contributed by atoms with van der Waals surface area (Å²) < 4.78 is 11.0. The van der Waals surface area contributed by atoms with Gasteiger partial charge < -0.3 is 25.4 Å². The van der Waals surface area contributed by atoms with Crippen LogP contribution in [0.5, 0.6) is 5.75 Å². The van der Waals surface area contributed by atoms with E-state index in [0.717, 1.165) is 50.5 Å². The highest BCUT2D eigenvalue weighted by molar-refractivity contribution is 5.79. The van der Waals surface area contributed by atoms with Crippen LogP contribution in [0.4, 0.5) is 0 Å². The van der Waals surface area contributed by atoms with Gasteiger partial charge in [-0.2, -0.15) is 0 Å². The van der Waals surface area contributed by atoms with E-state index in [0.29, 0.717) is 23.8 Å². The third-order valence-corrected chi connectivity index (χ3v) is 6.11. The molecule has 1 amide bonds. The predicted octanol–water partition coefficient (Wildman–Crippen LogP) is 3.00. The highest BCUT2D eigenvalue weighted by Gasteiger charge is 2.33.